The maximum absolute atomic E-state index is 16.2. The van der Waals surface area contributed by atoms with Crippen molar-refractivity contribution in [3.63, 3.8) is 0 Å². The molecule has 0 aromatic heterocycles. The van der Waals surface area contributed by atoms with Crippen LogP contribution in [0.5, 0.6) is 69.0 Å². The molecule has 8 atom stereocenters. The van der Waals surface area contributed by atoms with E-state index in [1.54, 1.807) is 0 Å². The van der Waals surface area contributed by atoms with Crippen LogP contribution in [0.15, 0.2) is 109 Å². The molecular weight excluding hydrogens is 1370 g/mol. The molecule has 7 aromatic carbocycles. The smallest absolute Gasteiger partial charge is 0.248 e. The van der Waals surface area contributed by atoms with E-state index in [4.69, 9.17) is 43.1 Å². The van der Waals surface area contributed by atoms with E-state index in [1.165, 1.54) is 78.9 Å². The van der Waals surface area contributed by atoms with Crippen molar-refractivity contribution in [2.75, 3.05) is 27.2 Å². The Morgan fingerprint density at radius 1 is 0.573 bits per heavy atom. The Bertz CT molecular complexity index is 4640. The van der Waals surface area contributed by atoms with Crippen LogP contribution in [0.25, 0.3) is 11.1 Å². The Balaban J connectivity index is 0.950. The molecule has 6 heterocycles. The predicted octanol–water partition coefficient (Wildman–Crippen LogP) is 7.03. The van der Waals surface area contributed by atoms with Crippen molar-refractivity contribution in [2.24, 2.45) is 23.5 Å². The Morgan fingerprint density at radius 2 is 1.17 bits per heavy atom. The number of carbonyl (C=O) groups is 7. The fourth-order valence-corrected chi connectivity index (χ4v) is 16.3. The van der Waals surface area contributed by atoms with Gasteiger partial charge < -0.3 is 103 Å². The van der Waals surface area contributed by atoms with Crippen LogP contribution in [-0.2, 0) is 46.5 Å². The lowest BCUT2D eigenvalue weighted by atomic mass is 9.53. The molecule has 0 spiro atoms. The summed E-state index contributed by atoms with van der Waals surface area (Å²) in [7, 11) is 3.68. The van der Waals surface area contributed by atoms with Crippen molar-refractivity contribution >= 4 is 64.6 Å². The zero-order chi connectivity index (χ0) is 72.6. The number of nitrogens with zero attached hydrogens (tertiary/aromatic N) is 1. The first-order valence-electron chi connectivity index (χ1n) is 33.7. The number of aliphatic hydroxyl groups excluding tert-OH is 1. The van der Waals surface area contributed by atoms with Gasteiger partial charge >= 0.3 is 0 Å². The first-order chi connectivity index (χ1) is 49.2. The minimum absolute atomic E-state index is 0.0344. The van der Waals surface area contributed by atoms with Gasteiger partial charge in [0.25, 0.3) is 0 Å². The molecule has 1 unspecified atom stereocenters. The number of benzene rings is 7. The van der Waals surface area contributed by atoms with Crippen molar-refractivity contribution < 1.29 is 83.5 Å². The summed E-state index contributed by atoms with van der Waals surface area (Å²) in [5.41, 5.74) is 4.94. The van der Waals surface area contributed by atoms with Gasteiger partial charge in [-0.15, -0.1) is 0 Å². The molecule has 0 radical (unpaired) electrons. The molecule has 6 aliphatic heterocycles. The summed E-state index contributed by atoms with van der Waals surface area (Å²) in [5.74, 6) is -11.5. The molecule has 7 amide bonds. The number of hydrogen-bond donors (Lipinski definition) is 16. The molecule has 10 aliphatic rings. The second-order valence-corrected chi connectivity index (χ2v) is 28.8. The van der Waals surface area contributed by atoms with Gasteiger partial charge in [-0.1, -0.05) is 47.5 Å². The third-order valence-corrected chi connectivity index (χ3v) is 21.1. The molecule has 4 fully saturated rings. The number of nitrogens with one attached hydrogen (secondary N) is 8. The van der Waals surface area contributed by atoms with E-state index in [0.717, 1.165) is 68.9 Å². The summed E-state index contributed by atoms with van der Waals surface area (Å²) in [6.07, 6.45) is 4.00. The van der Waals surface area contributed by atoms with Crippen LogP contribution in [0, 0.1) is 17.8 Å². The van der Waals surface area contributed by atoms with Gasteiger partial charge in [0.05, 0.1) is 15.6 Å². The number of carbonyl (C=O) groups excluding carboxylic acids is 7. The Labute approximate surface area is 599 Å². The van der Waals surface area contributed by atoms with Crippen LogP contribution in [0.1, 0.15) is 126 Å². The Kier molecular flexibility index (Phi) is 18.7. The van der Waals surface area contributed by atoms with Gasteiger partial charge in [-0.2, -0.15) is 0 Å². The number of aliphatic hydroxyl groups is 1. The summed E-state index contributed by atoms with van der Waals surface area (Å²) < 4.78 is 18.7. The van der Waals surface area contributed by atoms with Gasteiger partial charge in [0.15, 0.2) is 23.0 Å². The highest BCUT2D eigenvalue weighted by atomic mass is 35.5. The summed E-state index contributed by atoms with van der Waals surface area (Å²) in [6.45, 7) is 0.483. The monoisotopic (exact) mass is 1440 g/mol. The number of ether oxygens (including phenoxy) is 3. The van der Waals surface area contributed by atoms with Crippen molar-refractivity contribution in [3.05, 3.63) is 164 Å². The number of fused-ring (bicyclic) bond motifs is 14. The molecule has 17 N–H and O–H groups in total. The molecule has 536 valence electrons. The molecule has 7 aromatic rings. The van der Waals surface area contributed by atoms with E-state index in [-0.39, 0.29) is 108 Å². The van der Waals surface area contributed by atoms with Crippen molar-refractivity contribution in [2.45, 2.75) is 112 Å². The lowest BCUT2D eigenvalue weighted by Crippen LogP contribution is -2.58. The van der Waals surface area contributed by atoms with Crippen LogP contribution in [0.3, 0.4) is 0 Å². The van der Waals surface area contributed by atoms with Crippen LogP contribution >= 0.6 is 23.2 Å². The molecule has 103 heavy (non-hydrogen) atoms. The Morgan fingerprint density at radius 3 is 1.83 bits per heavy atom. The minimum atomic E-state index is -2.16. The third-order valence-electron chi connectivity index (χ3n) is 20.5. The zero-order valence-electron chi connectivity index (χ0n) is 55.5. The van der Waals surface area contributed by atoms with E-state index < -0.39 is 136 Å². The van der Waals surface area contributed by atoms with E-state index in [2.05, 4.69) is 42.5 Å². The molecule has 27 nitrogen and oxygen atoms in total. The maximum Gasteiger partial charge on any atom is 0.248 e. The van der Waals surface area contributed by atoms with E-state index in [9.17, 15) is 45.3 Å². The molecule has 17 rings (SSSR count). The number of aromatic hydroxyl groups is 6. The van der Waals surface area contributed by atoms with Crippen molar-refractivity contribution in [1.29, 1.82) is 0 Å². The van der Waals surface area contributed by atoms with Gasteiger partial charge in [0.2, 0.25) is 47.1 Å². The van der Waals surface area contributed by atoms with Gasteiger partial charge in [0, 0.05) is 42.2 Å². The lowest BCUT2D eigenvalue weighted by molar-refractivity contribution is -0.137. The number of amides is 7. The van der Waals surface area contributed by atoms with E-state index in [1.807, 2.05) is 19.0 Å². The number of rotatable bonds is 8. The number of phenolic OH excluding ortho intramolecular Hbond substituents is 6. The maximum atomic E-state index is 16.2. The second-order valence-electron chi connectivity index (χ2n) is 28.0. The van der Waals surface area contributed by atoms with Crippen molar-refractivity contribution in [3.8, 4) is 80.1 Å². The second kappa shape index (κ2) is 27.7. The number of nitrogens with two attached hydrogens (primary N) is 1. The summed E-state index contributed by atoms with van der Waals surface area (Å²) in [4.78, 5) is 110. The molecule has 21 bridgehead atoms. The van der Waals surface area contributed by atoms with Gasteiger partial charge in [-0.05, 0) is 201 Å². The Hall–Kier alpha value is -10.6. The van der Waals surface area contributed by atoms with E-state index >= 15 is 24.0 Å². The van der Waals surface area contributed by atoms with Crippen LogP contribution in [0.4, 0.5) is 0 Å². The highest BCUT2D eigenvalue weighted by Crippen LogP contribution is 2.57. The highest BCUT2D eigenvalue weighted by Gasteiger charge is 2.51. The number of halogens is 2. The number of hydrogen-bond acceptors (Lipinski definition) is 20. The van der Waals surface area contributed by atoms with Crippen LogP contribution < -0.4 is 62.5 Å². The standard InChI is InChI=1S/C74H74Cl2N10O17/c1-86(2)13-3-12-78-69(96)62-44-27-51(90)45(31-79-74-28-33-14-34(29-74)16-35(15-33)30-74)65(92)57(44)43-21-37(6-8-49(43)88)59-70(97)85-63(73(100)84-62)64(91)38-7-11-53(47(76)22-38)103-56-25-40-24-55(66(56)93)102-52-10-4-32(17-46(52)75)18-48-67(94)81-60(71(98)83-61(40)72(99)82-59)39-19-41(87)26-42(20-39)101-54-23-36(5-9-50(54)89)58(77)68(95)80-48/h4-11,17,19-27,33-35,48,58-64,79,87-93H,3,12-16,18,28-31,77H2,1-2H3,(H,78,96)(H,80,95)(H,81,94)(H,82,99)(H,83,98)(H,84,100)(H,85,97)/t33?,34?,35?,48-,58-,59-,60-,61-,62-,63-,64?,74?/m0/s1. The quantitative estimate of drug-likeness (QED) is 0.0679. The molecule has 29 heteroatoms. The lowest BCUT2D eigenvalue weighted by Gasteiger charge is -2.57. The van der Waals surface area contributed by atoms with Crippen LogP contribution in [-0.4, -0.2) is 127 Å². The zero-order valence-corrected chi connectivity index (χ0v) is 57.0. The fourth-order valence-electron chi connectivity index (χ4n) is 15.8. The largest absolute Gasteiger partial charge is 0.508 e. The predicted molar refractivity (Wildman–Crippen MR) is 371 cm³/mol. The van der Waals surface area contributed by atoms with Crippen LogP contribution in [0.2, 0.25) is 10.0 Å². The minimum Gasteiger partial charge on any atom is -0.508 e. The first-order valence-corrected chi connectivity index (χ1v) is 34.5. The first kappa shape index (κ1) is 69.5. The van der Waals surface area contributed by atoms with E-state index in [0.29, 0.717) is 36.3 Å². The molecule has 4 aliphatic carbocycles. The summed E-state index contributed by atoms with van der Waals surface area (Å²) in [6, 6.07) is 9.03. The van der Waals surface area contributed by atoms with Crippen molar-refractivity contribution in [1.82, 2.24) is 47.4 Å². The number of phenols is 6. The fraction of sp³-hybridized carbons (Fsp3) is 0.338. The summed E-state index contributed by atoms with van der Waals surface area (Å²) in [5, 5.41) is 107. The van der Waals surface area contributed by atoms with Gasteiger partial charge in [-0.25, -0.2) is 0 Å². The summed E-state index contributed by atoms with van der Waals surface area (Å²) >= 11 is 14.0. The normalized spacial score (nSPS) is 25.6. The average molecular weight is 1450 g/mol. The SMILES string of the molecule is CN(C)CCCNC(=O)[C@H]1NC(=O)[C@H]2NC(=O)[C@@H](NC(=O)[C@H]3NC(=O)[C@H]4NC(=O)[C@H](Cc5ccc(c(Cl)c5)Oc5cc3cc(c5O)Oc3ccc(cc3Cl)C2O)NC(=O)[C@@H](N)c2ccc(O)c(c2)Oc2cc(O)cc4c2)c2ccc(O)c(c2)-c2c1cc(O)c(CNC13CC4CC(CC(C4)C1)C3)c2O. The molecule has 4 saturated carbocycles. The van der Waals surface area contributed by atoms with Gasteiger partial charge in [0.1, 0.15) is 88.6 Å². The molecular formula is C74H74Cl2N10O17. The third kappa shape index (κ3) is 13.9. The topological polar surface area (TPSA) is 414 Å². The molecule has 0 saturated heterocycles. The highest BCUT2D eigenvalue weighted by molar-refractivity contribution is 6.32. The average Bonchev–Trinajstić information content (AvgIpc) is 0.753. The van der Waals surface area contributed by atoms with Gasteiger partial charge in [-0.3, -0.25) is 33.6 Å².